The van der Waals surface area contributed by atoms with Gasteiger partial charge in [-0.1, -0.05) is 72.3 Å². The summed E-state index contributed by atoms with van der Waals surface area (Å²) in [4.78, 5) is 25.6. The largest absolute Gasteiger partial charge is 0.457 e. The number of carbonyl (C=O) groups excluding carboxylic acids is 2. The predicted octanol–water partition coefficient (Wildman–Crippen LogP) is 6.09. The first kappa shape index (κ1) is 22.0. The molecule has 0 heterocycles. The lowest BCUT2D eigenvalue weighted by Gasteiger charge is -2.37. The first-order valence-electron chi connectivity index (χ1n) is 9.76. The fourth-order valence-corrected chi connectivity index (χ4v) is 3.76. The number of hydrogen-bond acceptors (Lipinski definition) is 3. The van der Waals surface area contributed by atoms with Gasteiger partial charge in [0.2, 0.25) is 5.67 Å². The summed E-state index contributed by atoms with van der Waals surface area (Å²) < 4.78 is 22.2. The molecule has 2 aromatic rings. The van der Waals surface area contributed by atoms with Gasteiger partial charge in [-0.05, 0) is 44.0 Å². The Morgan fingerprint density at radius 2 is 1.73 bits per heavy atom. The van der Waals surface area contributed by atoms with Crippen LogP contribution in [0.1, 0.15) is 44.2 Å². The van der Waals surface area contributed by atoms with E-state index in [-0.39, 0.29) is 17.8 Å². The molecule has 0 bridgehead atoms. The minimum atomic E-state index is -2.56. The Kier molecular flexibility index (Phi) is 6.27. The zero-order valence-corrected chi connectivity index (χ0v) is 17.9. The van der Waals surface area contributed by atoms with Crippen LogP contribution in [-0.2, 0) is 14.3 Å². The van der Waals surface area contributed by atoms with Gasteiger partial charge in [0.05, 0.1) is 0 Å². The number of carbonyl (C=O) groups is 2. The second-order valence-corrected chi connectivity index (χ2v) is 8.71. The number of rotatable bonds is 4. The van der Waals surface area contributed by atoms with Crippen molar-refractivity contribution in [3.05, 3.63) is 88.5 Å². The van der Waals surface area contributed by atoms with E-state index in [1.165, 1.54) is 12.2 Å². The molecule has 0 saturated carbocycles. The molecule has 1 aliphatic rings. The highest BCUT2D eigenvalue weighted by molar-refractivity contribution is 6.31. The number of ketones is 1. The van der Waals surface area contributed by atoms with Gasteiger partial charge < -0.3 is 4.74 Å². The van der Waals surface area contributed by atoms with Crippen LogP contribution in [0, 0.1) is 0 Å². The molecule has 0 fully saturated rings. The quantitative estimate of drug-likeness (QED) is 0.556. The average Bonchev–Trinajstić information content (AvgIpc) is 2.68. The van der Waals surface area contributed by atoms with Crippen LogP contribution in [0.25, 0.3) is 6.08 Å². The summed E-state index contributed by atoms with van der Waals surface area (Å²) in [7, 11) is 0. The Morgan fingerprint density at radius 1 is 1.10 bits per heavy atom. The minimum absolute atomic E-state index is 0.0400. The Labute approximate surface area is 181 Å². The Balaban J connectivity index is 2.13. The summed E-state index contributed by atoms with van der Waals surface area (Å²) in [6, 6.07) is 16.0. The van der Waals surface area contributed by atoms with Crippen LogP contribution in [0.5, 0.6) is 0 Å². The van der Waals surface area contributed by atoms with Crippen LogP contribution in [0.4, 0.5) is 4.39 Å². The van der Waals surface area contributed by atoms with E-state index >= 15 is 4.39 Å². The summed E-state index contributed by atoms with van der Waals surface area (Å²) in [6.07, 6.45) is 4.16. The van der Waals surface area contributed by atoms with E-state index in [9.17, 15) is 9.59 Å². The lowest BCUT2D eigenvalue weighted by Crippen LogP contribution is -2.48. The molecular formula is C25H24ClFO3. The van der Waals surface area contributed by atoms with E-state index in [4.69, 9.17) is 16.3 Å². The van der Waals surface area contributed by atoms with Crippen molar-refractivity contribution in [1.29, 1.82) is 0 Å². The molecule has 0 unspecified atom stereocenters. The first-order valence-corrected chi connectivity index (χ1v) is 10.1. The molecule has 0 spiro atoms. The smallest absolute Gasteiger partial charge is 0.349 e. The monoisotopic (exact) mass is 426 g/mol. The van der Waals surface area contributed by atoms with Gasteiger partial charge in [0.25, 0.3) is 0 Å². The number of halogens is 2. The van der Waals surface area contributed by atoms with Crippen molar-refractivity contribution < 1.29 is 18.7 Å². The lowest BCUT2D eigenvalue weighted by molar-refractivity contribution is -0.168. The highest BCUT2D eigenvalue weighted by Gasteiger charge is 2.55. The van der Waals surface area contributed by atoms with Gasteiger partial charge in [-0.2, -0.15) is 0 Å². The molecule has 0 saturated heterocycles. The van der Waals surface area contributed by atoms with Gasteiger partial charge in [-0.15, -0.1) is 0 Å². The van der Waals surface area contributed by atoms with E-state index in [0.717, 1.165) is 5.56 Å². The minimum Gasteiger partial charge on any atom is -0.457 e. The van der Waals surface area contributed by atoms with Crippen molar-refractivity contribution >= 4 is 29.4 Å². The number of allylic oxidation sites excluding steroid dienone is 2. The molecule has 30 heavy (non-hydrogen) atoms. The first-order chi connectivity index (χ1) is 14.1. The van der Waals surface area contributed by atoms with Gasteiger partial charge >= 0.3 is 5.97 Å². The molecule has 156 valence electrons. The van der Waals surface area contributed by atoms with Crippen LogP contribution in [0.3, 0.4) is 0 Å². The van der Waals surface area contributed by atoms with E-state index in [2.05, 4.69) is 0 Å². The van der Waals surface area contributed by atoms with Crippen molar-refractivity contribution in [3.8, 4) is 0 Å². The molecule has 2 aromatic carbocycles. The number of esters is 1. The molecule has 2 atom stereocenters. The molecular weight excluding hydrogens is 403 g/mol. The van der Waals surface area contributed by atoms with Gasteiger partial charge in [-0.25, -0.2) is 9.18 Å². The molecule has 0 radical (unpaired) electrons. The topological polar surface area (TPSA) is 43.4 Å². The summed E-state index contributed by atoms with van der Waals surface area (Å²) in [6.45, 7) is 5.03. The number of benzene rings is 2. The second-order valence-electron chi connectivity index (χ2n) is 8.30. The van der Waals surface area contributed by atoms with Crippen molar-refractivity contribution in [2.24, 2.45) is 0 Å². The highest BCUT2D eigenvalue weighted by Crippen LogP contribution is 2.47. The maximum absolute atomic E-state index is 16.8. The molecule has 0 amide bonds. The Hall–Kier alpha value is -2.72. The number of hydrogen-bond donors (Lipinski definition) is 0. The van der Waals surface area contributed by atoms with Crippen LogP contribution >= 0.6 is 11.6 Å². The third kappa shape index (κ3) is 4.71. The van der Waals surface area contributed by atoms with Crippen molar-refractivity contribution in [2.75, 3.05) is 0 Å². The summed E-state index contributed by atoms with van der Waals surface area (Å²) in [5, 5.41) is 0.300. The third-order valence-corrected chi connectivity index (χ3v) is 5.20. The number of ether oxygens (including phenoxy) is 1. The summed E-state index contributed by atoms with van der Waals surface area (Å²) >= 11 is 6.32. The molecule has 0 aromatic heterocycles. The fraction of sp³-hybridized carbons (Fsp3) is 0.280. The van der Waals surface area contributed by atoms with Crippen molar-refractivity contribution in [1.82, 2.24) is 0 Å². The van der Waals surface area contributed by atoms with Crippen molar-refractivity contribution in [3.63, 3.8) is 0 Å². The SMILES string of the molecule is CC(C)(C)OC(=O)[C@@]1(F)C(/C=C/c2ccccc2)=CC(=O)C[C@H]1c1ccccc1Cl. The van der Waals surface area contributed by atoms with Crippen LogP contribution in [0.15, 0.2) is 72.3 Å². The van der Waals surface area contributed by atoms with Gasteiger partial charge in [0, 0.05) is 22.9 Å². The molecule has 3 nitrogen and oxygen atoms in total. The van der Waals surface area contributed by atoms with Gasteiger partial charge in [0.1, 0.15) is 5.60 Å². The van der Waals surface area contributed by atoms with Gasteiger partial charge in [0.15, 0.2) is 5.78 Å². The zero-order chi connectivity index (χ0) is 21.9. The molecule has 0 aliphatic heterocycles. The van der Waals surface area contributed by atoms with E-state index < -0.39 is 23.2 Å². The van der Waals surface area contributed by atoms with Crippen LogP contribution < -0.4 is 0 Å². The maximum Gasteiger partial charge on any atom is 0.349 e. The maximum atomic E-state index is 16.8. The number of alkyl halides is 1. The van der Waals surface area contributed by atoms with Crippen LogP contribution in [-0.4, -0.2) is 23.0 Å². The van der Waals surface area contributed by atoms with E-state index in [1.54, 1.807) is 51.1 Å². The normalized spacial score (nSPS) is 22.1. The van der Waals surface area contributed by atoms with Crippen LogP contribution in [0.2, 0.25) is 5.02 Å². The summed E-state index contributed by atoms with van der Waals surface area (Å²) in [5.41, 5.74) is -2.27. The molecule has 5 heteroatoms. The zero-order valence-electron chi connectivity index (χ0n) is 17.2. The van der Waals surface area contributed by atoms with E-state index in [1.807, 2.05) is 30.3 Å². The lowest BCUT2D eigenvalue weighted by atomic mass is 9.71. The van der Waals surface area contributed by atoms with Crippen molar-refractivity contribution in [2.45, 2.75) is 44.4 Å². The molecule has 0 N–H and O–H groups in total. The molecule has 3 rings (SSSR count). The average molecular weight is 427 g/mol. The fourth-order valence-electron chi connectivity index (χ4n) is 3.49. The predicted molar refractivity (Wildman–Crippen MR) is 117 cm³/mol. The van der Waals surface area contributed by atoms with E-state index in [0.29, 0.717) is 10.6 Å². The summed E-state index contributed by atoms with van der Waals surface area (Å²) in [5.74, 6) is -2.39. The third-order valence-electron chi connectivity index (χ3n) is 4.85. The molecule has 1 aliphatic carbocycles. The highest BCUT2D eigenvalue weighted by atomic mass is 35.5. The van der Waals surface area contributed by atoms with Gasteiger partial charge in [-0.3, -0.25) is 4.79 Å². The second kappa shape index (κ2) is 8.57. The Morgan fingerprint density at radius 3 is 2.37 bits per heavy atom. The Bertz CT molecular complexity index is 1000. The standard InChI is InChI=1S/C25H24ClFO3/c1-24(2,3)30-23(29)25(27)18(14-13-17-9-5-4-6-10-17)15-19(28)16-21(25)20-11-7-8-12-22(20)26/h4-15,21H,16H2,1-3H3/b14-13+/t21-,25+/m0/s1.